The lowest BCUT2D eigenvalue weighted by atomic mass is 9.64. The maximum atomic E-state index is 12.6. The number of aliphatic hydroxyl groups excluding tert-OH is 1. The molecule has 1 N–H and O–H groups in total. The van der Waals surface area contributed by atoms with Gasteiger partial charge in [0.05, 0.1) is 5.92 Å². The predicted molar refractivity (Wildman–Crippen MR) is 107 cm³/mol. The molecule has 0 amide bonds. The first-order valence-corrected chi connectivity index (χ1v) is 11.1. The van der Waals surface area contributed by atoms with Crippen LogP contribution in [0.4, 0.5) is 0 Å². The van der Waals surface area contributed by atoms with Crippen LogP contribution in [0.25, 0.3) is 0 Å². The van der Waals surface area contributed by atoms with Gasteiger partial charge in [0.15, 0.2) is 5.78 Å². The molecule has 1 aliphatic heterocycles. The van der Waals surface area contributed by atoms with Gasteiger partial charge >= 0.3 is 11.9 Å². The van der Waals surface area contributed by atoms with Crippen LogP contribution in [0.5, 0.6) is 0 Å². The Morgan fingerprint density at radius 3 is 2.70 bits per heavy atom. The van der Waals surface area contributed by atoms with Crippen LogP contribution >= 0.6 is 0 Å². The molecule has 30 heavy (non-hydrogen) atoms. The molecule has 0 spiro atoms. The van der Waals surface area contributed by atoms with Crippen molar-refractivity contribution in [1.29, 1.82) is 0 Å². The van der Waals surface area contributed by atoms with Crippen molar-refractivity contribution >= 4 is 23.5 Å². The fourth-order valence-corrected chi connectivity index (χ4v) is 4.95. The second-order valence-electron chi connectivity index (χ2n) is 9.00. The van der Waals surface area contributed by atoms with Gasteiger partial charge in [0.25, 0.3) is 5.78 Å². The third-order valence-corrected chi connectivity index (χ3v) is 7.03. The Morgan fingerprint density at radius 1 is 1.30 bits per heavy atom. The highest BCUT2D eigenvalue weighted by Crippen LogP contribution is 2.45. The Hall–Kier alpha value is -2.02. The lowest BCUT2D eigenvalue weighted by Crippen LogP contribution is -2.45. The van der Waals surface area contributed by atoms with Crippen molar-refractivity contribution in [2.24, 2.45) is 23.7 Å². The maximum Gasteiger partial charge on any atom is 0.377 e. The predicted octanol–water partition coefficient (Wildman–Crippen LogP) is 2.53. The summed E-state index contributed by atoms with van der Waals surface area (Å²) >= 11 is 0. The number of rotatable bonds is 6. The van der Waals surface area contributed by atoms with Crippen molar-refractivity contribution in [3.05, 3.63) is 11.6 Å². The standard InChI is InChI=1S/C23H32O7/c1-4-12(2)22(27)30-19-7-5-6-14-10-17(24)13(3)16(20(14)19)9-8-15-11-18(25)21(26)23(28)29-15/h10,12-13,15-16,18-20,25H,4-9,11H2,1-3H3/t12?,13-,15+,16+,18+,19-,20-/m0/s1. The molecule has 7 atom stereocenters. The van der Waals surface area contributed by atoms with Crippen LogP contribution in [-0.4, -0.2) is 46.9 Å². The number of fused-ring (bicyclic) bond motifs is 1. The molecule has 166 valence electrons. The molecule has 2 fully saturated rings. The van der Waals surface area contributed by atoms with Gasteiger partial charge in [-0.25, -0.2) is 4.79 Å². The highest BCUT2D eigenvalue weighted by atomic mass is 16.6. The van der Waals surface area contributed by atoms with Crippen molar-refractivity contribution in [2.45, 2.75) is 84.0 Å². The van der Waals surface area contributed by atoms with E-state index < -0.39 is 24.0 Å². The number of cyclic esters (lactones) is 1. The van der Waals surface area contributed by atoms with Crippen LogP contribution < -0.4 is 0 Å². The highest BCUT2D eigenvalue weighted by Gasteiger charge is 2.45. The van der Waals surface area contributed by atoms with Gasteiger partial charge < -0.3 is 14.6 Å². The van der Waals surface area contributed by atoms with Crippen molar-refractivity contribution in [2.75, 3.05) is 0 Å². The van der Waals surface area contributed by atoms with Gasteiger partial charge in [-0.2, -0.15) is 0 Å². The Kier molecular flexibility index (Phi) is 7.11. The summed E-state index contributed by atoms with van der Waals surface area (Å²) in [6.45, 7) is 5.71. The maximum absolute atomic E-state index is 12.6. The average molecular weight is 421 g/mol. The number of ether oxygens (including phenoxy) is 2. The monoisotopic (exact) mass is 420 g/mol. The van der Waals surface area contributed by atoms with E-state index in [1.54, 1.807) is 6.08 Å². The lowest BCUT2D eigenvalue weighted by Gasteiger charge is -2.43. The third kappa shape index (κ3) is 4.66. The Morgan fingerprint density at radius 2 is 2.03 bits per heavy atom. The summed E-state index contributed by atoms with van der Waals surface area (Å²) in [6, 6.07) is 0. The summed E-state index contributed by atoms with van der Waals surface area (Å²) in [5, 5.41) is 9.78. The summed E-state index contributed by atoms with van der Waals surface area (Å²) in [4.78, 5) is 48.1. The molecular weight excluding hydrogens is 388 g/mol. The van der Waals surface area contributed by atoms with E-state index in [-0.39, 0.29) is 47.9 Å². The number of Topliss-reactive ketones (excluding diaryl/α,β-unsaturated/α-hetero) is 1. The highest BCUT2D eigenvalue weighted by molar-refractivity contribution is 6.35. The molecule has 7 heteroatoms. The summed E-state index contributed by atoms with van der Waals surface area (Å²) in [6.07, 6.45) is 3.91. The summed E-state index contributed by atoms with van der Waals surface area (Å²) < 4.78 is 11.1. The number of ketones is 2. The molecule has 3 aliphatic rings. The van der Waals surface area contributed by atoms with E-state index in [1.807, 2.05) is 20.8 Å². The number of allylic oxidation sites excluding steroid dienone is 1. The topological polar surface area (TPSA) is 107 Å². The molecular formula is C23H32O7. The number of carbonyl (C=O) groups excluding carboxylic acids is 4. The molecule has 1 saturated carbocycles. The minimum absolute atomic E-state index is 0.0229. The lowest BCUT2D eigenvalue weighted by molar-refractivity contribution is -0.170. The van der Waals surface area contributed by atoms with Crippen molar-refractivity contribution < 1.29 is 33.8 Å². The fraction of sp³-hybridized carbons (Fsp3) is 0.739. The van der Waals surface area contributed by atoms with Crippen molar-refractivity contribution in [3.63, 3.8) is 0 Å². The van der Waals surface area contributed by atoms with E-state index in [2.05, 4.69) is 0 Å². The largest absolute Gasteiger partial charge is 0.462 e. The third-order valence-electron chi connectivity index (χ3n) is 7.03. The first-order chi connectivity index (χ1) is 14.2. The van der Waals surface area contributed by atoms with Gasteiger partial charge in [-0.3, -0.25) is 14.4 Å². The van der Waals surface area contributed by atoms with Crippen molar-refractivity contribution in [1.82, 2.24) is 0 Å². The van der Waals surface area contributed by atoms with E-state index in [0.717, 1.165) is 24.8 Å². The van der Waals surface area contributed by atoms with Crippen LogP contribution in [0.1, 0.15) is 65.7 Å². The van der Waals surface area contributed by atoms with E-state index >= 15 is 0 Å². The van der Waals surface area contributed by atoms with Gasteiger partial charge in [-0.15, -0.1) is 0 Å². The molecule has 0 radical (unpaired) electrons. The SMILES string of the molecule is CCC(C)C(=O)O[C@H]1CCCC2=CC(=O)[C@@H](C)[C@@H](CC[C@@H]3C[C@@H](O)C(=O)C(=O)O3)[C@H]21. The van der Waals surface area contributed by atoms with Gasteiger partial charge in [0.2, 0.25) is 0 Å². The van der Waals surface area contributed by atoms with Crippen LogP contribution in [0.3, 0.4) is 0 Å². The quantitative estimate of drug-likeness (QED) is 0.520. The molecule has 1 saturated heterocycles. The summed E-state index contributed by atoms with van der Waals surface area (Å²) in [7, 11) is 0. The number of carbonyl (C=O) groups is 4. The van der Waals surface area contributed by atoms with Gasteiger partial charge in [0.1, 0.15) is 18.3 Å². The molecule has 0 aromatic heterocycles. The minimum atomic E-state index is -1.32. The normalized spacial score (nSPS) is 35.2. The molecule has 1 unspecified atom stereocenters. The average Bonchev–Trinajstić information content (AvgIpc) is 2.71. The Labute approximate surface area is 177 Å². The summed E-state index contributed by atoms with van der Waals surface area (Å²) in [5.74, 6) is -2.47. The zero-order valence-corrected chi connectivity index (χ0v) is 18.0. The molecule has 0 aromatic rings. The van der Waals surface area contributed by atoms with Gasteiger partial charge in [0, 0.05) is 18.3 Å². The molecule has 0 bridgehead atoms. The van der Waals surface area contributed by atoms with Crippen LogP contribution in [0.15, 0.2) is 11.6 Å². The number of esters is 2. The number of hydrogen-bond acceptors (Lipinski definition) is 7. The van der Waals surface area contributed by atoms with E-state index in [9.17, 15) is 24.3 Å². The fourth-order valence-electron chi connectivity index (χ4n) is 4.95. The molecule has 0 aromatic carbocycles. The second-order valence-corrected chi connectivity index (χ2v) is 9.00. The number of hydrogen-bond donors (Lipinski definition) is 1. The smallest absolute Gasteiger partial charge is 0.377 e. The first kappa shape index (κ1) is 22.7. The molecule has 2 aliphatic carbocycles. The number of aliphatic hydroxyl groups is 1. The Bertz CT molecular complexity index is 740. The van der Waals surface area contributed by atoms with Gasteiger partial charge in [-0.1, -0.05) is 26.3 Å². The zero-order chi connectivity index (χ0) is 22.0. The molecule has 3 rings (SSSR count). The second kappa shape index (κ2) is 9.41. The van der Waals surface area contributed by atoms with Crippen molar-refractivity contribution in [3.8, 4) is 0 Å². The Balaban J connectivity index is 1.74. The van der Waals surface area contributed by atoms with Crippen LogP contribution in [0.2, 0.25) is 0 Å². The molecule has 7 nitrogen and oxygen atoms in total. The summed E-state index contributed by atoms with van der Waals surface area (Å²) in [5.41, 5.74) is 1.05. The van der Waals surface area contributed by atoms with Crippen LogP contribution in [0, 0.1) is 23.7 Å². The van der Waals surface area contributed by atoms with E-state index in [1.165, 1.54) is 0 Å². The minimum Gasteiger partial charge on any atom is -0.462 e. The van der Waals surface area contributed by atoms with Crippen LogP contribution in [-0.2, 0) is 28.7 Å². The van der Waals surface area contributed by atoms with E-state index in [0.29, 0.717) is 19.3 Å². The van der Waals surface area contributed by atoms with Gasteiger partial charge in [-0.05, 0) is 50.5 Å². The zero-order valence-electron chi connectivity index (χ0n) is 18.0. The molecule has 1 heterocycles. The first-order valence-electron chi connectivity index (χ1n) is 11.1. The van der Waals surface area contributed by atoms with E-state index in [4.69, 9.17) is 9.47 Å².